The number of hydrogen-bond acceptors (Lipinski definition) is 4. The van der Waals surface area contributed by atoms with Crippen LogP contribution in [0.15, 0.2) is 47.6 Å². The second-order valence-electron chi connectivity index (χ2n) is 5.32. The van der Waals surface area contributed by atoms with Crippen LogP contribution in [-0.2, 0) is 4.79 Å². The Morgan fingerprint density at radius 1 is 1.12 bits per heavy atom. The minimum Gasteiger partial charge on any atom is -0.323 e. The molecule has 3 aromatic rings. The number of rotatable bonds is 5. The molecule has 0 spiro atoms. The van der Waals surface area contributed by atoms with E-state index in [1.807, 2.05) is 12.1 Å². The third-order valence-corrected chi connectivity index (χ3v) is 5.29. The molecule has 2 aromatic carbocycles. The molecule has 26 heavy (non-hydrogen) atoms. The van der Waals surface area contributed by atoms with Crippen LogP contribution in [0.1, 0.15) is 6.92 Å². The molecule has 0 saturated heterocycles. The number of hydrogen-bond donors (Lipinski definition) is 2. The molecule has 5 nitrogen and oxygen atoms in total. The van der Waals surface area contributed by atoms with Crippen LogP contribution in [0.5, 0.6) is 0 Å². The fourth-order valence-electron chi connectivity index (χ4n) is 2.09. The van der Waals surface area contributed by atoms with E-state index in [0.717, 1.165) is 5.56 Å². The van der Waals surface area contributed by atoms with Crippen molar-refractivity contribution in [3.63, 3.8) is 0 Å². The second-order valence-corrected chi connectivity index (χ2v) is 7.88. The monoisotopic (exact) mass is 426 g/mol. The Hall–Kier alpha value is -1.73. The molecule has 0 bridgehead atoms. The van der Waals surface area contributed by atoms with Crippen LogP contribution < -0.4 is 5.32 Å². The Bertz CT molecular complexity index is 910. The molecule has 9 heteroatoms. The summed E-state index contributed by atoms with van der Waals surface area (Å²) in [4.78, 5) is 16.8. The maximum atomic E-state index is 12.4. The number of benzene rings is 2. The van der Waals surface area contributed by atoms with Gasteiger partial charge in [-0.3, -0.25) is 9.89 Å². The minimum absolute atomic E-state index is 0.247. The molecule has 1 unspecified atom stereocenters. The number of nitrogens with one attached hydrogen (secondary N) is 2. The normalized spacial score (nSPS) is 12.0. The zero-order valence-electron chi connectivity index (χ0n) is 13.5. The van der Waals surface area contributed by atoms with Gasteiger partial charge in [0.25, 0.3) is 0 Å². The van der Waals surface area contributed by atoms with E-state index in [2.05, 4.69) is 20.5 Å². The van der Waals surface area contributed by atoms with Gasteiger partial charge in [-0.05, 0) is 43.3 Å². The Labute approximate surface area is 169 Å². The molecule has 1 aromatic heterocycles. The first-order chi connectivity index (χ1) is 12.4. The first-order valence-electron chi connectivity index (χ1n) is 7.54. The van der Waals surface area contributed by atoms with Crippen molar-refractivity contribution in [2.45, 2.75) is 17.3 Å². The van der Waals surface area contributed by atoms with Gasteiger partial charge >= 0.3 is 0 Å². The summed E-state index contributed by atoms with van der Waals surface area (Å²) in [7, 11) is 0. The van der Waals surface area contributed by atoms with E-state index >= 15 is 0 Å². The van der Waals surface area contributed by atoms with Crippen molar-refractivity contribution in [1.29, 1.82) is 0 Å². The molecule has 1 amide bonds. The van der Waals surface area contributed by atoms with E-state index in [1.54, 1.807) is 37.3 Å². The van der Waals surface area contributed by atoms with Crippen molar-refractivity contribution in [3.05, 3.63) is 57.5 Å². The zero-order chi connectivity index (χ0) is 18.7. The molecule has 0 saturated carbocycles. The third kappa shape index (κ3) is 4.51. The summed E-state index contributed by atoms with van der Waals surface area (Å²) in [6.45, 7) is 1.75. The highest BCUT2D eigenvalue weighted by molar-refractivity contribution is 8.00. The molecule has 0 aliphatic carbocycles. The van der Waals surface area contributed by atoms with Crippen molar-refractivity contribution < 1.29 is 4.79 Å². The summed E-state index contributed by atoms with van der Waals surface area (Å²) in [6, 6.07) is 12.3. The van der Waals surface area contributed by atoms with Crippen molar-refractivity contribution in [3.8, 4) is 11.4 Å². The van der Waals surface area contributed by atoms with Gasteiger partial charge in [-0.2, -0.15) is 0 Å². The number of para-hydroxylation sites is 1. The zero-order valence-corrected chi connectivity index (χ0v) is 16.5. The van der Waals surface area contributed by atoms with Gasteiger partial charge in [0.2, 0.25) is 11.1 Å². The summed E-state index contributed by atoms with van der Waals surface area (Å²) >= 11 is 19.3. The van der Waals surface area contributed by atoms with Crippen LogP contribution in [-0.4, -0.2) is 26.3 Å². The van der Waals surface area contributed by atoms with Crippen molar-refractivity contribution >= 4 is 58.2 Å². The number of thioether (sulfide) groups is 1. The van der Waals surface area contributed by atoms with Crippen molar-refractivity contribution in [2.24, 2.45) is 0 Å². The van der Waals surface area contributed by atoms with Crippen LogP contribution >= 0.6 is 46.6 Å². The maximum Gasteiger partial charge on any atom is 0.237 e. The van der Waals surface area contributed by atoms with Gasteiger partial charge in [0.15, 0.2) is 5.82 Å². The molecular weight excluding hydrogens is 415 g/mol. The predicted octanol–water partition coefficient (Wildman–Crippen LogP) is 5.55. The lowest BCUT2D eigenvalue weighted by Crippen LogP contribution is -2.22. The topological polar surface area (TPSA) is 70.7 Å². The standard InChI is InChI=1S/C17H13Cl3N4OS/c1-9(16(25)21-14-12(19)3-2-4-13(14)20)26-17-22-15(23-24-17)10-5-7-11(18)8-6-10/h2-9H,1H3,(H,21,25)(H,22,23,24). The highest BCUT2D eigenvalue weighted by atomic mass is 35.5. The number of anilines is 1. The lowest BCUT2D eigenvalue weighted by atomic mass is 10.2. The Morgan fingerprint density at radius 2 is 1.77 bits per heavy atom. The molecule has 1 heterocycles. The molecule has 0 fully saturated rings. The summed E-state index contributed by atoms with van der Waals surface area (Å²) in [5, 5.41) is 11.2. The predicted molar refractivity (Wildman–Crippen MR) is 107 cm³/mol. The number of nitrogens with zero attached hydrogens (tertiary/aromatic N) is 2. The van der Waals surface area contributed by atoms with Gasteiger partial charge in [-0.15, -0.1) is 5.10 Å². The average Bonchev–Trinajstić information content (AvgIpc) is 3.07. The summed E-state index contributed by atoms with van der Waals surface area (Å²) in [6.07, 6.45) is 0. The lowest BCUT2D eigenvalue weighted by molar-refractivity contribution is -0.115. The summed E-state index contributed by atoms with van der Waals surface area (Å²) in [5.41, 5.74) is 1.25. The summed E-state index contributed by atoms with van der Waals surface area (Å²) in [5.74, 6) is 0.355. The summed E-state index contributed by atoms with van der Waals surface area (Å²) < 4.78 is 0. The first-order valence-corrected chi connectivity index (χ1v) is 9.55. The van der Waals surface area contributed by atoms with Gasteiger partial charge in [-0.1, -0.05) is 52.6 Å². The van der Waals surface area contributed by atoms with Gasteiger partial charge in [0, 0.05) is 10.6 Å². The largest absolute Gasteiger partial charge is 0.323 e. The Balaban J connectivity index is 1.67. The number of carbonyl (C=O) groups is 1. The number of aromatic amines is 1. The number of carbonyl (C=O) groups excluding carboxylic acids is 1. The molecule has 0 aliphatic heterocycles. The Kier molecular flexibility index (Phi) is 6.09. The van der Waals surface area contributed by atoms with Crippen LogP contribution in [0, 0.1) is 0 Å². The SMILES string of the molecule is CC(Sc1n[nH]c(-c2ccc(Cl)cc2)n1)C(=O)Nc1c(Cl)cccc1Cl. The molecule has 2 N–H and O–H groups in total. The molecule has 0 radical (unpaired) electrons. The Morgan fingerprint density at radius 3 is 2.42 bits per heavy atom. The van der Waals surface area contributed by atoms with E-state index < -0.39 is 5.25 Å². The van der Waals surface area contributed by atoms with E-state index in [0.29, 0.717) is 31.7 Å². The quantitative estimate of drug-likeness (QED) is 0.524. The van der Waals surface area contributed by atoms with E-state index in [4.69, 9.17) is 34.8 Å². The smallest absolute Gasteiger partial charge is 0.237 e. The molecule has 3 rings (SSSR count). The molecule has 0 aliphatic rings. The first kappa shape index (κ1) is 19.0. The van der Waals surface area contributed by atoms with Crippen molar-refractivity contribution in [2.75, 3.05) is 5.32 Å². The van der Waals surface area contributed by atoms with Gasteiger partial charge in [0.05, 0.1) is 21.0 Å². The van der Waals surface area contributed by atoms with Gasteiger partial charge in [-0.25, -0.2) is 4.98 Å². The molecule has 134 valence electrons. The average molecular weight is 428 g/mol. The van der Waals surface area contributed by atoms with E-state index in [9.17, 15) is 4.79 Å². The lowest BCUT2D eigenvalue weighted by Gasteiger charge is -2.12. The fourth-order valence-corrected chi connectivity index (χ4v) is 3.43. The van der Waals surface area contributed by atoms with Gasteiger partial charge in [0.1, 0.15) is 0 Å². The van der Waals surface area contributed by atoms with Crippen LogP contribution in [0.2, 0.25) is 15.1 Å². The van der Waals surface area contributed by atoms with Gasteiger partial charge < -0.3 is 5.32 Å². The van der Waals surface area contributed by atoms with E-state index in [1.165, 1.54) is 11.8 Å². The number of amides is 1. The number of halogens is 3. The van der Waals surface area contributed by atoms with Crippen LogP contribution in [0.4, 0.5) is 5.69 Å². The highest BCUT2D eigenvalue weighted by Crippen LogP contribution is 2.31. The number of aromatic nitrogens is 3. The molecular formula is C17H13Cl3N4OS. The van der Waals surface area contributed by atoms with Crippen molar-refractivity contribution in [1.82, 2.24) is 15.2 Å². The minimum atomic E-state index is -0.448. The van der Waals surface area contributed by atoms with Crippen LogP contribution in [0.25, 0.3) is 11.4 Å². The van der Waals surface area contributed by atoms with Crippen LogP contribution in [0.3, 0.4) is 0 Å². The number of H-pyrrole nitrogens is 1. The van der Waals surface area contributed by atoms with E-state index in [-0.39, 0.29) is 5.91 Å². The third-order valence-electron chi connectivity index (χ3n) is 3.44. The highest BCUT2D eigenvalue weighted by Gasteiger charge is 2.19. The molecule has 1 atom stereocenters. The maximum absolute atomic E-state index is 12.4. The second kappa shape index (κ2) is 8.31. The fraction of sp³-hybridized carbons (Fsp3) is 0.118.